The summed E-state index contributed by atoms with van der Waals surface area (Å²) in [6, 6.07) is 78.2. The van der Waals surface area contributed by atoms with E-state index in [-0.39, 0.29) is 20.1 Å². The molecule has 13 aromatic carbocycles. The molecule has 0 aliphatic rings. The van der Waals surface area contributed by atoms with E-state index < -0.39 is 0 Å². The average molecular weight is 1480 g/mol. The van der Waals surface area contributed by atoms with Crippen LogP contribution in [0.2, 0.25) is 0 Å². The van der Waals surface area contributed by atoms with Gasteiger partial charge in [-0.2, -0.15) is 0 Å². The average Bonchev–Trinajstić information content (AvgIpc) is 1.51. The van der Waals surface area contributed by atoms with Crippen molar-refractivity contribution in [3.05, 3.63) is 334 Å². The summed E-state index contributed by atoms with van der Waals surface area (Å²) in [5, 5.41) is 7.79. The minimum Gasteiger partial charge on any atom is -0.340 e. The monoisotopic (exact) mass is 1480 g/mol. The molecule has 0 amide bonds. The molecule has 16 rings (SSSR count). The van der Waals surface area contributed by atoms with Crippen LogP contribution in [0.1, 0.15) is 154 Å². The molecular weight excluding hydrogens is 1370 g/mol. The van der Waals surface area contributed by atoms with Crippen LogP contribution in [0.25, 0.3) is 102 Å². The summed E-state index contributed by atoms with van der Waals surface area (Å²) in [6.07, 6.45) is 13.9. The van der Waals surface area contributed by atoms with Gasteiger partial charge in [0.05, 0.1) is 16.6 Å². The second-order valence-corrected chi connectivity index (χ2v) is 33.9. The zero-order valence-corrected chi connectivity index (χ0v) is 71.2. The van der Waals surface area contributed by atoms with Crippen molar-refractivity contribution < 1.29 is 0 Å². The van der Waals surface area contributed by atoms with Gasteiger partial charge in [0.25, 0.3) is 0 Å². The Hall–Kier alpha value is -11.3. The maximum atomic E-state index is 2.64. The van der Waals surface area contributed by atoms with Crippen LogP contribution in [0, 0.1) is 125 Å². The first-order valence-corrected chi connectivity index (χ1v) is 41.6. The van der Waals surface area contributed by atoms with E-state index in [1.165, 1.54) is 248 Å². The second-order valence-electron chi connectivity index (χ2n) is 33.9. The van der Waals surface area contributed by atoms with E-state index in [4.69, 9.17) is 0 Å². The minimum atomic E-state index is 0.120. The normalized spacial score (nSPS) is 12.1. The minimum absolute atomic E-state index is 0.120. The molecule has 0 fully saturated rings. The van der Waals surface area contributed by atoms with Crippen molar-refractivity contribution in [3.8, 4) is 0 Å². The highest BCUT2D eigenvalue weighted by atomic mass is 15.0. The predicted octanol–water partition coefficient (Wildman–Crippen LogP) is 21.7. The number of rotatable bonds is 18. The van der Waals surface area contributed by atoms with Crippen molar-refractivity contribution in [2.45, 2.75) is 165 Å². The number of hydrogen-bond donors (Lipinski definition) is 0. The van der Waals surface area contributed by atoms with E-state index in [0.717, 1.165) is 19.6 Å². The van der Waals surface area contributed by atoms with Crippen LogP contribution in [-0.2, 0) is 19.6 Å². The summed E-state index contributed by atoms with van der Waals surface area (Å²) in [5.74, 6) is 0. The van der Waals surface area contributed by atoms with Crippen LogP contribution in [0.5, 0.6) is 0 Å². The predicted molar refractivity (Wildman–Crippen MR) is 506 cm³/mol. The van der Waals surface area contributed by atoms with Gasteiger partial charge in [0.15, 0.2) is 0 Å². The van der Waals surface area contributed by atoms with Gasteiger partial charge in [0.1, 0.15) is 0 Å². The molecule has 0 unspecified atom stereocenters. The fraction of sp³-hybridized carbons (Fsp3) is 0.222. The van der Waals surface area contributed by atoms with Crippen LogP contribution in [0.15, 0.2) is 200 Å². The summed E-state index contributed by atoms with van der Waals surface area (Å²) in [4.78, 5) is 0. The smallest absolute Gasteiger partial charge is 0.242 e. The van der Waals surface area contributed by atoms with E-state index >= 15 is 0 Å². The maximum absolute atomic E-state index is 2.64. The van der Waals surface area contributed by atoms with Crippen LogP contribution in [0.3, 0.4) is 0 Å². The largest absolute Gasteiger partial charge is 0.340 e. The molecule has 3 heterocycles. The van der Waals surface area contributed by atoms with Crippen LogP contribution < -0.4 is 49.2 Å². The van der Waals surface area contributed by atoms with Gasteiger partial charge in [-0.25, -0.2) is 0 Å². The van der Waals surface area contributed by atoms with Crippen molar-refractivity contribution in [2.24, 2.45) is 0 Å². The van der Waals surface area contributed by atoms with Crippen molar-refractivity contribution >= 4 is 171 Å². The Bertz CT molecular complexity index is 5690. The lowest BCUT2D eigenvalue weighted by Gasteiger charge is -2.24. The molecule has 0 atom stereocenters. The van der Waals surface area contributed by atoms with E-state index in [1.54, 1.807) is 0 Å². The van der Waals surface area contributed by atoms with Crippen molar-refractivity contribution in [3.63, 3.8) is 0 Å². The molecule has 114 heavy (non-hydrogen) atoms. The first kappa shape index (κ1) is 76.7. The van der Waals surface area contributed by atoms with E-state index in [1.807, 2.05) is 0 Å². The van der Waals surface area contributed by atoms with Crippen molar-refractivity contribution in [1.29, 1.82) is 0 Å². The lowest BCUT2D eigenvalue weighted by molar-refractivity contribution is 0.821. The summed E-state index contributed by atoms with van der Waals surface area (Å²) in [6.45, 7) is 50.6. The lowest BCUT2D eigenvalue weighted by atomic mass is 9.34. The Kier molecular flexibility index (Phi) is 20.5. The van der Waals surface area contributed by atoms with Crippen LogP contribution >= 0.6 is 0 Å². The Morgan fingerprint density at radius 2 is 0.377 bits per heavy atom. The van der Waals surface area contributed by atoms with Crippen molar-refractivity contribution in [1.82, 2.24) is 13.7 Å². The fourth-order valence-electron chi connectivity index (χ4n) is 21.2. The third kappa shape index (κ3) is 13.7. The van der Waals surface area contributed by atoms with Gasteiger partial charge in [0.2, 0.25) is 20.1 Å². The van der Waals surface area contributed by atoms with Crippen LogP contribution in [0.4, 0.5) is 0 Å². The highest BCUT2D eigenvalue weighted by Gasteiger charge is 2.33. The molecule has 0 radical (unpaired) electrons. The molecule has 0 N–H and O–H groups in total. The number of fused-ring (bicyclic) bond motifs is 12. The summed E-state index contributed by atoms with van der Waals surface area (Å²) < 4.78 is 7.91. The van der Waals surface area contributed by atoms with Gasteiger partial charge in [-0.1, -0.05) is 368 Å². The number of benzene rings is 13. The standard InChI is InChI=1S/C108H108B3N3/c1-22-112-94-61-85(28-25-82-31-40-88(41-32-82)109(100-70(10)49-64(4)50-71(100)11)101-72(12)51-65(5)52-73(101)13)37-46-91(94)97-106(112)98-92-47-38-86(29-26-83-33-42-89(43-34-83)110(102-74(14)53-66(6)54-75(102)15)103-76(16)55-67(7)56-77(103)17)62-95(92)113(23-2)108(98)99-93-48-39-87(63-96(93)114(24-3)107(97)99)30-27-84-35-44-90(45-36-84)111(104-78(18)57-68(8)58-79(104)19)105-80(20)59-69(9)60-81(105)21/h25-63H,22-24H2,1-21H3. The van der Waals surface area contributed by atoms with Gasteiger partial charge >= 0.3 is 0 Å². The first-order valence-electron chi connectivity index (χ1n) is 41.6. The van der Waals surface area contributed by atoms with E-state index in [9.17, 15) is 0 Å². The second kappa shape index (κ2) is 30.5. The first-order chi connectivity index (χ1) is 54.8. The van der Waals surface area contributed by atoms with Gasteiger partial charge < -0.3 is 13.7 Å². The highest BCUT2D eigenvalue weighted by Crippen LogP contribution is 2.49. The molecule has 564 valence electrons. The Labute approximate surface area is 679 Å². The molecule has 6 heteroatoms. The Morgan fingerprint density at radius 3 is 0.553 bits per heavy atom. The summed E-state index contributed by atoms with van der Waals surface area (Å²) in [5.41, 5.74) is 51.1. The van der Waals surface area contributed by atoms with Gasteiger partial charge in [-0.05, 0) is 197 Å². The van der Waals surface area contributed by atoms with Gasteiger partial charge in [-0.15, -0.1) is 0 Å². The fourth-order valence-corrected chi connectivity index (χ4v) is 21.2. The molecule has 3 nitrogen and oxygen atoms in total. The Morgan fingerprint density at radius 1 is 0.211 bits per heavy atom. The zero-order chi connectivity index (χ0) is 80.1. The summed E-state index contributed by atoms with van der Waals surface area (Å²) >= 11 is 0. The highest BCUT2D eigenvalue weighted by molar-refractivity contribution is 6.98. The number of nitrogens with zero attached hydrogens (tertiary/aromatic N) is 3. The quantitative estimate of drug-likeness (QED) is 0.0601. The van der Waals surface area contributed by atoms with E-state index in [0.29, 0.717) is 0 Å². The molecule has 0 saturated carbocycles. The third-order valence-corrected chi connectivity index (χ3v) is 25.3. The zero-order valence-electron chi connectivity index (χ0n) is 71.2. The molecule has 0 aliphatic carbocycles. The molecule has 16 aromatic rings. The van der Waals surface area contributed by atoms with Crippen LogP contribution in [-0.4, -0.2) is 33.8 Å². The SMILES string of the molecule is CCn1c2cc(C=Cc3ccc(B(c4c(C)cc(C)cc4C)c4c(C)cc(C)cc4C)cc3)ccc2c2c1c1c3ccc(C=Cc4ccc(B(c5c(C)cc(C)cc5C)c5c(C)cc(C)cc5C)cc4)cc3n(CC)c1c1c3ccc(C=Cc4ccc(B(c5c(C)cc(C)cc5C)c5c(C)cc(C)cc5C)cc4)cc3n(CC)c21. The van der Waals surface area contributed by atoms with Crippen molar-refractivity contribution in [2.75, 3.05) is 0 Å². The Balaban J connectivity index is 0.819. The number of hydrogen-bond acceptors (Lipinski definition) is 0. The topological polar surface area (TPSA) is 14.8 Å². The lowest BCUT2D eigenvalue weighted by Crippen LogP contribution is -2.55. The molecule has 3 aromatic heterocycles. The molecule has 0 aliphatic heterocycles. The van der Waals surface area contributed by atoms with Gasteiger partial charge in [-0.3, -0.25) is 0 Å². The maximum Gasteiger partial charge on any atom is 0.242 e. The van der Waals surface area contributed by atoms with Gasteiger partial charge in [0, 0.05) is 68.5 Å². The third-order valence-electron chi connectivity index (χ3n) is 25.3. The summed E-state index contributed by atoms with van der Waals surface area (Å²) in [7, 11) is 0. The molecule has 0 bridgehead atoms. The number of aromatic nitrogens is 3. The number of aryl methyl sites for hydroxylation is 21. The molecule has 0 spiro atoms. The van der Waals surface area contributed by atoms with E-state index in [2.05, 4.69) is 396 Å². The molecule has 0 saturated heterocycles. The molecular formula is C108H108B3N3.